The van der Waals surface area contributed by atoms with Crippen LogP contribution in [0.5, 0.6) is 0 Å². The van der Waals surface area contributed by atoms with Gasteiger partial charge in [0.25, 0.3) is 0 Å². The highest BCUT2D eigenvalue weighted by Crippen LogP contribution is 2.53. The van der Waals surface area contributed by atoms with Crippen LogP contribution in [0.3, 0.4) is 0 Å². The van der Waals surface area contributed by atoms with E-state index < -0.39 is 16.1 Å². The third-order valence-corrected chi connectivity index (χ3v) is 2.49. The maximum Gasteiger partial charge on any atom is 0.328 e. The minimum Gasteiger partial charge on any atom is -0.338 e. The lowest BCUT2D eigenvalue weighted by molar-refractivity contribution is 0.371. The average molecular weight is 203 g/mol. The standard InChI is InChI=1S/C3H7O3P.H4NO2P/c4-7(5,6)3-1-2-3;1-4(2)3/h3H,1-2H2,(H2,4,5,6);2-3H,1H2. The van der Waals surface area contributed by atoms with Gasteiger partial charge < -0.3 is 19.6 Å². The Balaban J connectivity index is 0.000000218. The van der Waals surface area contributed by atoms with Gasteiger partial charge in [-0.2, -0.15) is 0 Å². The van der Waals surface area contributed by atoms with Crippen LogP contribution >= 0.6 is 16.1 Å². The smallest absolute Gasteiger partial charge is 0.328 e. The fourth-order valence-electron chi connectivity index (χ4n) is 0.411. The zero-order valence-electron chi connectivity index (χ0n) is 5.66. The minimum absolute atomic E-state index is 0.285. The van der Waals surface area contributed by atoms with Crippen molar-refractivity contribution < 1.29 is 24.1 Å². The molecule has 11 heavy (non-hydrogen) atoms. The molecule has 0 spiro atoms. The Morgan fingerprint density at radius 3 is 1.64 bits per heavy atom. The minimum atomic E-state index is -3.63. The number of hydrogen-bond acceptors (Lipinski definition) is 4. The molecular weight excluding hydrogens is 192 g/mol. The summed E-state index contributed by atoms with van der Waals surface area (Å²) in [6.45, 7) is 0. The van der Waals surface area contributed by atoms with E-state index in [1.54, 1.807) is 0 Å². The molecule has 68 valence electrons. The van der Waals surface area contributed by atoms with E-state index in [2.05, 4.69) is 5.50 Å². The average Bonchev–Trinajstić information content (AvgIpc) is 2.33. The van der Waals surface area contributed by atoms with Crippen LogP contribution in [-0.4, -0.2) is 25.2 Å². The molecule has 0 heterocycles. The highest BCUT2D eigenvalue weighted by molar-refractivity contribution is 7.52. The molecule has 6 nitrogen and oxygen atoms in total. The number of nitrogens with two attached hydrogens (primary N) is 1. The SMILES string of the molecule is NP(O)O.O=P(O)(O)C1CC1. The van der Waals surface area contributed by atoms with E-state index in [1.165, 1.54) is 0 Å². The number of rotatable bonds is 1. The van der Waals surface area contributed by atoms with Crippen molar-refractivity contribution in [2.24, 2.45) is 5.50 Å². The first-order valence-corrected chi connectivity index (χ1v) is 5.81. The highest BCUT2D eigenvalue weighted by Gasteiger charge is 2.38. The van der Waals surface area contributed by atoms with Crippen LogP contribution in [0.15, 0.2) is 0 Å². The zero-order valence-corrected chi connectivity index (χ0v) is 7.45. The van der Waals surface area contributed by atoms with Gasteiger partial charge in [0.15, 0.2) is 0 Å². The van der Waals surface area contributed by atoms with E-state index >= 15 is 0 Å². The second-order valence-electron chi connectivity index (χ2n) is 2.14. The van der Waals surface area contributed by atoms with Gasteiger partial charge in [0.1, 0.15) is 0 Å². The fourth-order valence-corrected chi connectivity index (χ4v) is 1.23. The van der Waals surface area contributed by atoms with Crippen molar-refractivity contribution >= 4 is 16.1 Å². The van der Waals surface area contributed by atoms with E-state index in [0.717, 1.165) is 0 Å². The Labute approximate surface area is 65.2 Å². The molecule has 0 aromatic heterocycles. The largest absolute Gasteiger partial charge is 0.338 e. The third kappa shape index (κ3) is 8.37. The summed E-state index contributed by atoms with van der Waals surface area (Å²) in [7, 11) is -5.75. The van der Waals surface area contributed by atoms with Crippen molar-refractivity contribution in [3.05, 3.63) is 0 Å². The van der Waals surface area contributed by atoms with E-state index in [1.807, 2.05) is 0 Å². The topological polar surface area (TPSA) is 124 Å². The molecule has 0 radical (unpaired) electrons. The predicted octanol–water partition coefficient (Wildman–Crippen LogP) is -0.517. The lowest BCUT2D eigenvalue weighted by Gasteiger charge is -1.95. The molecule has 0 saturated heterocycles. The van der Waals surface area contributed by atoms with Gasteiger partial charge in [-0.25, -0.2) is 0 Å². The van der Waals surface area contributed by atoms with Crippen molar-refractivity contribution in [3.63, 3.8) is 0 Å². The quantitative estimate of drug-likeness (QED) is 0.365. The molecule has 1 fully saturated rings. The van der Waals surface area contributed by atoms with Crippen molar-refractivity contribution in [3.8, 4) is 0 Å². The molecule has 1 saturated carbocycles. The maximum atomic E-state index is 10.1. The van der Waals surface area contributed by atoms with E-state index in [-0.39, 0.29) is 5.66 Å². The Hall–Kier alpha value is 0.460. The Morgan fingerprint density at radius 1 is 1.36 bits per heavy atom. The van der Waals surface area contributed by atoms with Crippen LogP contribution in [0.2, 0.25) is 0 Å². The van der Waals surface area contributed by atoms with Gasteiger partial charge in [0.2, 0.25) is 8.53 Å². The van der Waals surface area contributed by atoms with Crippen molar-refractivity contribution in [2.45, 2.75) is 18.5 Å². The van der Waals surface area contributed by atoms with E-state index in [4.69, 9.17) is 19.6 Å². The first-order valence-electron chi connectivity index (χ1n) is 2.82. The van der Waals surface area contributed by atoms with Crippen molar-refractivity contribution in [1.82, 2.24) is 0 Å². The van der Waals surface area contributed by atoms with Gasteiger partial charge in [0, 0.05) is 0 Å². The first kappa shape index (κ1) is 11.5. The van der Waals surface area contributed by atoms with Gasteiger partial charge in [-0.3, -0.25) is 10.1 Å². The lowest BCUT2D eigenvalue weighted by Crippen LogP contribution is -1.81. The molecule has 6 N–H and O–H groups in total. The van der Waals surface area contributed by atoms with E-state index in [9.17, 15) is 4.57 Å². The van der Waals surface area contributed by atoms with Gasteiger partial charge >= 0.3 is 7.60 Å². The molecule has 0 amide bonds. The molecular formula is C3H11NO5P2. The monoisotopic (exact) mass is 203 g/mol. The molecule has 8 heteroatoms. The second-order valence-corrected chi connectivity index (χ2v) is 4.69. The molecule has 0 aliphatic heterocycles. The van der Waals surface area contributed by atoms with Crippen molar-refractivity contribution in [1.29, 1.82) is 0 Å². The molecule has 1 rings (SSSR count). The summed E-state index contributed by atoms with van der Waals surface area (Å²) in [5.74, 6) is 0. The summed E-state index contributed by atoms with van der Waals surface area (Å²) >= 11 is 0. The normalized spacial score (nSPS) is 17.6. The van der Waals surface area contributed by atoms with Crippen molar-refractivity contribution in [2.75, 3.05) is 0 Å². The number of hydrogen-bond donors (Lipinski definition) is 5. The Morgan fingerprint density at radius 2 is 1.64 bits per heavy atom. The summed E-state index contributed by atoms with van der Waals surface area (Å²) in [4.78, 5) is 31.4. The Kier molecular flexibility index (Phi) is 4.66. The summed E-state index contributed by atoms with van der Waals surface area (Å²) in [6, 6.07) is 0. The summed E-state index contributed by atoms with van der Waals surface area (Å²) in [6.07, 6.45) is 1.43. The summed E-state index contributed by atoms with van der Waals surface area (Å²) in [5, 5.41) is 0. The first-order chi connectivity index (χ1) is 4.84. The molecule has 0 bridgehead atoms. The molecule has 0 aromatic rings. The van der Waals surface area contributed by atoms with Crippen LogP contribution in [0.25, 0.3) is 0 Å². The molecule has 1 aliphatic carbocycles. The van der Waals surface area contributed by atoms with Gasteiger partial charge in [-0.1, -0.05) is 0 Å². The third-order valence-electron chi connectivity index (χ3n) is 1.02. The van der Waals surface area contributed by atoms with Crippen LogP contribution in [-0.2, 0) is 4.57 Å². The van der Waals surface area contributed by atoms with Crippen LogP contribution in [0.4, 0.5) is 0 Å². The van der Waals surface area contributed by atoms with E-state index in [0.29, 0.717) is 12.8 Å². The molecule has 0 unspecified atom stereocenters. The molecule has 0 aromatic carbocycles. The van der Waals surface area contributed by atoms with Gasteiger partial charge in [0.05, 0.1) is 5.66 Å². The van der Waals surface area contributed by atoms with Crippen LogP contribution in [0, 0.1) is 0 Å². The van der Waals surface area contributed by atoms with Gasteiger partial charge in [-0.15, -0.1) is 0 Å². The van der Waals surface area contributed by atoms with Gasteiger partial charge in [-0.05, 0) is 12.8 Å². The predicted molar refractivity (Wildman–Crippen MR) is 40.6 cm³/mol. The fraction of sp³-hybridized carbons (Fsp3) is 1.00. The summed E-state index contributed by atoms with van der Waals surface area (Å²) in [5.41, 5.74) is 4.00. The summed E-state index contributed by atoms with van der Waals surface area (Å²) < 4.78 is 10.1. The van der Waals surface area contributed by atoms with Crippen LogP contribution in [0.1, 0.15) is 12.8 Å². The van der Waals surface area contributed by atoms with Crippen LogP contribution < -0.4 is 5.50 Å². The lowest BCUT2D eigenvalue weighted by atomic mass is 11.0. The second kappa shape index (κ2) is 4.48. The molecule has 0 atom stereocenters. The zero-order chi connectivity index (χ0) is 9.07. The maximum absolute atomic E-state index is 10.1. The highest BCUT2D eigenvalue weighted by atomic mass is 31.2. The Bertz CT molecular complexity index is 149. The molecule has 1 aliphatic rings.